The van der Waals surface area contributed by atoms with Crippen molar-refractivity contribution in [1.29, 1.82) is 0 Å². The van der Waals surface area contributed by atoms with E-state index in [0.29, 0.717) is 36.1 Å². The van der Waals surface area contributed by atoms with Gasteiger partial charge < -0.3 is 19.5 Å². The van der Waals surface area contributed by atoms with Gasteiger partial charge in [0.25, 0.3) is 0 Å². The molecule has 7 nitrogen and oxygen atoms in total. The Hall–Kier alpha value is -1.12. The van der Waals surface area contributed by atoms with Gasteiger partial charge in [-0.25, -0.2) is 0 Å². The van der Waals surface area contributed by atoms with Gasteiger partial charge in [-0.2, -0.15) is 15.0 Å². The zero-order valence-corrected chi connectivity index (χ0v) is 11.0. The van der Waals surface area contributed by atoms with E-state index in [-0.39, 0.29) is 6.61 Å². The standard InChI is InChI=1S/C10H16N4O3S/c1-16-9-11-8(14-2-5-17-6-3-14)12-10(13-9)18-7-4-15/h15H,2-7H2,1H3. The molecule has 18 heavy (non-hydrogen) atoms. The number of morpholine rings is 1. The van der Waals surface area contributed by atoms with Gasteiger partial charge in [-0.15, -0.1) is 0 Å². The van der Waals surface area contributed by atoms with E-state index in [9.17, 15) is 0 Å². The van der Waals surface area contributed by atoms with E-state index in [1.807, 2.05) is 4.90 Å². The molecule has 0 aromatic carbocycles. The Kier molecular flexibility index (Phi) is 4.97. The third-order valence-electron chi connectivity index (χ3n) is 2.38. The van der Waals surface area contributed by atoms with Crippen LogP contribution < -0.4 is 9.64 Å². The van der Waals surface area contributed by atoms with Crippen LogP contribution >= 0.6 is 11.8 Å². The smallest absolute Gasteiger partial charge is 0.321 e. The van der Waals surface area contributed by atoms with Crippen LogP contribution in [0.25, 0.3) is 0 Å². The molecule has 2 heterocycles. The van der Waals surface area contributed by atoms with Crippen molar-refractivity contribution in [3.63, 3.8) is 0 Å². The number of aromatic nitrogens is 3. The normalized spacial score (nSPS) is 15.8. The maximum absolute atomic E-state index is 8.82. The summed E-state index contributed by atoms with van der Waals surface area (Å²) in [6.07, 6.45) is 0. The van der Waals surface area contributed by atoms with Crippen molar-refractivity contribution in [2.75, 3.05) is 50.7 Å². The Morgan fingerprint density at radius 3 is 2.78 bits per heavy atom. The molecule has 1 aliphatic heterocycles. The predicted octanol–water partition coefficient (Wildman–Crippen LogP) is -0.199. The van der Waals surface area contributed by atoms with Gasteiger partial charge in [0, 0.05) is 18.8 Å². The summed E-state index contributed by atoms with van der Waals surface area (Å²) in [4.78, 5) is 14.8. The number of ether oxygens (including phenoxy) is 2. The minimum atomic E-state index is 0.0888. The number of thioether (sulfide) groups is 1. The van der Waals surface area contributed by atoms with E-state index >= 15 is 0 Å². The number of hydrogen-bond acceptors (Lipinski definition) is 8. The molecule has 0 unspecified atom stereocenters. The molecule has 1 aromatic heterocycles. The topological polar surface area (TPSA) is 80.6 Å². The van der Waals surface area contributed by atoms with E-state index in [1.165, 1.54) is 18.9 Å². The van der Waals surface area contributed by atoms with Crippen molar-refractivity contribution in [1.82, 2.24) is 15.0 Å². The molecule has 0 bridgehead atoms. The molecule has 1 fully saturated rings. The minimum absolute atomic E-state index is 0.0888. The summed E-state index contributed by atoms with van der Waals surface area (Å²) in [6.45, 7) is 2.96. The number of aliphatic hydroxyl groups excluding tert-OH is 1. The summed E-state index contributed by atoms with van der Waals surface area (Å²) in [5.41, 5.74) is 0. The molecule has 0 spiro atoms. The summed E-state index contributed by atoms with van der Waals surface area (Å²) in [5.74, 6) is 1.15. The lowest BCUT2D eigenvalue weighted by Gasteiger charge is -2.26. The SMILES string of the molecule is COc1nc(SCCO)nc(N2CCOCC2)n1. The van der Waals surface area contributed by atoms with Crippen LogP contribution in [-0.4, -0.2) is 65.8 Å². The zero-order chi connectivity index (χ0) is 12.8. The first-order valence-corrected chi connectivity index (χ1v) is 6.68. The maximum atomic E-state index is 8.82. The lowest BCUT2D eigenvalue weighted by atomic mass is 10.4. The molecule has 1 aliphatic rings. The molecule has 100 valence electrons. The lowest BCUT2D eigenvalue weighted by molar-refractivity contribution is 0.122. The summed E-state index contributed by atoms with van der Waals surface area (Å²) in [6, 6.07) is 0.298. The van der Waals surface area contributed by atoms with Crippen LogP contribution in [0.1, 0.15) is 0 Å². The molecular weight excluding hydrogens is 256 g/mol. The molecule has 0 saturated carbocycles. The second-order valence-corrected chi connectivity index (χ2v) is 4.64. The molecule has 0 atom stereocenters. The first-order chi connectivity index (χ1) is 8.83. The Balaban J connectivity index is 2.16. The second-order valence-electron chi connectivity index (χ2n) is 3.58. The van der Waals surface area contributed by atoms with Crippen molar-refractivity contribution < 1.29 is 14.6 Å². The van der Waals surface area contributed by atoms with Crippen molar-refractivity contribution in [2.45, 2.75) is 5.16 Å². The van der Waals surface area contributed by atoms with E-state index in [2.05, 4.69) is 15.0 Å². The summed E-state index contributed by atoms with van der Waals surface area (Å²) in [7, 11) is 1.53. The zero-order valence-electron chi connectivity index (χ0n) is 10.2. The van der Waals surface area contributed by atoms with Crippen LogP contribution in [0.2, 0.25) is 0 Å². The predicted molar refractivity (Wildman–Crippen MR) is 67.2 cm³/mol. The largest absolute Gasteiger partial charge is 0.467 e. The van der Waals surface area contributed by atoms with E-state index in [4.69, 9.17) is 14.6 Å². The molecule has 1 aromatic rings. The van der Waals surface area contributed by atoms with E-state index < -0.39 is 0 Å². The van der Waals surface area contributed by atoms with Crippen LogP contribution in [0.4, 0.5) is 5.95 Å². The number of aliphatic hydroxyl groups is 1. The van der Waals surface area contributed by atoms with Gasteiger partial charge in [0.05, 0.1) is 26.9 Å². The van der Waals surface area contributed by atoms with Crippen LogP contribution in [0, 0.1) is 0 Å². The highest BCUT2D eigenvalue weighted by atomic mass is 32.2. The summed E-state index contributed by atoms with van der Waals surface area (Å²) in [5, 5.41) is 9.39. The number of anilines is 1. The first kappa shape index (κ1) is 13.3. The highest BCUT2D eigenvalue weighted by Gasteiger charge is 2.16. The molecule has 2 rings (SSSR count). The number of rotatable bonds is 5. The average molecular weight is 272 g/mol. The van der Waals surface area contributed by atoms with Crippen molar-refractivity contribution >= 4 is 17.7 Å². The summed E-state index contributed by atoms with van der Waals surface area (Å²) < 4.78 is 10.4. The molecule has 0 radical (unpaired) electrons. The molecule has 1 N–H and O–H groups in total. The minimum Gasteiger partial charge on any atom is -0.467 e. The fourth-order valence-corrected chi connectivity index (χ4v) is 2.09. The summed E-state index contributed by atoms with van der Waals surface area (Å²) >= 11 is 1.38. The van der Waals surface area contributed by atoms with Crippen LogP contribution in [0.5, 0.6) is 6.01 Å². The molecule has 8 heteroatoms. The van der Waals surface area contributed by atoms with Gasteiger partial charge in [0.2, 0.25) is 5.95 Å². The molecular formula is C10H16N4O3S. The fourth-order valence-electron chi connectivity index (χ4n) is 1.53. The van der Waals surface area contributed by atoms with Crippen LogP contribution in [0.3, 0.4) is 0 Å². The maximum Gasteiger partial charge on any atom is 0.321 e. The van der Waals surface area contributed by atoms with Crippen molar-refractivity contribution in [2.24, 2.45) is 0 Å². The Bertz CT molecular complexity index is 387. The van der Waals surface area contributed by atoms with E-state index in [1.54, 1.807) is 0 Å². The van der Waals surface area contributed by atoms with E-state index in [0.717, 1.165) is 13.1 Å². The third kappa shape index (κ3) is 3.44. The van der Waals surface area contributed by atoms with Gasteiger partial charge >= 0.3 is 6.01 Å². The molecule has 0 aliphatic carbocycles. The first-order valence-electron chi connectivity index (χ1n) is 5.70. The lowest BCUT2D eigenvalue weighted by Crippen LogP contribution is -2.37. The molecule has 0 amide bonds. The quantitative estimate of drug-likeness (QED) is 0.738. The highest BCUT2D eigenvalue weighted by Crippen LogP contribution is 2.19. The van der Waals surface area contributed by atoms with Gasteiger partial charge in [-0.3, -0.25) is 0 Å². The Labute approximate surface area is 110 Å². The molecule has 1 saturated heterocycles. The number of nitrogens with zero attached hydrogens (tertiary/aromatic N) is 4. The third-order valence-corrected chi connectivity index (χ3v) is 3.21. The second kappa shape index (κ2) is 6.72. The van der Waals surface area contributed by atoms with Gasteiger partial charge in [-0.1, -0.05) is 11.8 Å². The Morgan fingerprint density at radius 1 is 1.33 bits per heavy atom. The average Bonchev–Trinajstić information content (AvgIpc) is 2.45. The van der Waals surface area contributed by atoms with Gasteiger partial charge in [-0.05, 0) is 0 Å². The Morgan fingerprint density at radius 2 is 2.11 bits per heavy atom. The highest BCUT2D eigenvalue weighted by molar-refractivity contribution is 7.99. The number of hydrogen-bond donors (Lipinski definition) is 1. The van der Waals surface area contributed by atoms with Crippen LogP contribution in [-0.2, 0) is 4.74 Å². The van der Waals surface area contributed by atoms with Crippen LogP contribution in [0.15, 0.2) is 5.16 Å². The number of methoxy groups -OCH3 is 1. The van der Waals surface area contributed by atoms with Crippen molar-refractivity contribution in [3.8, 4) is 6.01 Å². The monoisotopic (exact) mass is 272 g/mol. The fraction of sp³-hybridized carbons (Fsp3) is 0.700. The van der Waals surface area contributed by atoms with Crippen molar-refractivity contribution in [3.05, 3.63) is 0 Å². The van der Waals surface area contributed by atoms with Gasteiger partial charge in [0.1, 0.15) is 0 Å². The van der Waals surface area contributed by atoms with Gasteiger partial charge in [0.15, 0.2) is 5.16 Å².